The first-order chi connectivity index (χ1) is 6.69. The Balaban J connectivity index is 3.15. The molecule has 0 aliphatic rings. The van der Waals surface area contributed by atoms with E-state index in [-0.39, 0.29) is 5.56 Å². The Morgan fingerprint density at radius 3 is 2.86 bits per heavy atom. The summed E-state index contributed by atoms with van der Waals surface area (Å²) in [5, 5.41) is 0. The van der Waals surface area contributed by atoms with Gasteiger partial charge in [-0.15, -0.1) is 0 Å². The number of nitrogens with zero attached hydrogens (tertiary/aromatic N) is 1. The molecule has 1 unspecified atom stereocenters. The summed E-state index contributed by atoms with van der Waals surface area (Å²) in [5.41, 5.74) is 1.13. The molecule has 0 amide bonds. The number of methoxy groups -OCH3 is 1. The fraction of sp³-hybridized carbons (Fsp3) is 0.300. The van der Waals surface area contributed by atoms with Crippen molar-refractivity contribution in [3.05, 3.63) is 29.3 Å². The van der Waals surface area contributed by atoms with E-state index in [9.17, 15) is 9.18 Å². The lowest BCUT2D eigenvalue weighted by atomic mass is 10.1. The zero-order valence-electron chi connectivity index (χ0n) is 7.95. The van der Waals surface area contributed by atoms with Crippen LogP contribution in [0.1, 0.15) is 17.4 Å². The predicted octanol–water partition coefficient (Wildman–Crippen LogP) is 2.31. The summed E-state index contributed by atoms with van der Waals surface area (Å²) in [7, 11) is 1.44. The molecular formula is C10H10FNO2. The highest BCUT2D eigenvalue weighted by atomic mass is 19.1. The molecule has 0 aliphatic heterocycles. The highest BCUT2D eigenvalue weighted by Gasteiger charge is 2.13. The van der Waals surface area contributed by atoms with Gasteiger partial charge in [-0.3, -0.25) is 0 Å². The van der Waals surface area contributed by atoms with Crippen molar-refractivity contribution in [2.75, 3.05) is 7.11 Å². The number of ether oxygens (including phenoxy) is 1. The van der Waals surface area contributed by atoms with Crippen LogP contribution >= 0.6 is 0 Å². The van der Waals surface area contributed by atoms with Gasteiger partial charge in [-0.2, -0.15) is 4.99 Å². The molecule has 0 aromatic heterocycles. The monoisotopic (exact) mass is 195 g/mol. The second-order valence-electron chi connectivity index (χ2n) is 2.80. The number of rotatable bonds is 3. The highest BCUT2D eigenvalue weighted by Crippen LogP contribution is 2.29. The highest BCUT2D eigenvalue weighted by molar-refractivity contribution is 5.41. The molecule has 1 aromatic carbocycles. The average molecular weight is 195 g/mol. The minimum Gasteiger partial charge on any atom is -0.496 e. The maximum atomic E-state index is 13.3. The van der Waals surface area contributed by atoms with Gasteiger partial charge >= 0.3 is 0 Å². The van der Waals surface area contributed by atoms with Gasteiger partial charge in [-0.1, -0.05) is 11.6 Å². The number of hydrogen-bond donors (Lipinski definition) is 0. The second kappa shape index (κ2) is 4.53. The summed E-state index contributed by atoms with van der Waals surface area (Å²) in [5.74, 6) is 0.377. The first-order valence-corrected chi connectivity index (χ1v) is 4.04. The molecule has 0 saturated carbocycles. The molecule has 74 valence electrons. The van der Waals surface area contributed by atoms with E-state index in [4.69, 9.17) is 4.74 Å². The van der Waals surface area contributed by atoms with E-state index in [0.29, 0.717) is 5.75 Å². The van der Waals surface area contributed by atoms with E-state index >= 15 is 0 Å². The molecule has 0 saturated heterocycles. The molecule has 0 radical (unpaired) electrons. The van der Waals surface area contributed by atoms with Crippen LogP contribution in [0.2, 0.25) is 0 Å². The lowest BCUT2D eigenvalue weighted by molar-refractivity contribution is 0.334. The van der Waals surface area contributed by atoms with Gasteiger partial charge in [-0.25, -0.2) is 9.18 Å². The minimum absolute atomic E-state index is 0.246. The zero-order valence-corrected chi connectivity index (χ0v) is 7.95. The van der Waals surface area contributed by atoms with Gasteiger partial charge in [0.05, 0.1) is 12.7 Å². The molecule has 1 rings (SSSR count). The topological polar surface area (TPSA) is 38.7 Å². The number of aliphatic imine (C=N–C) groups is 1. The van der Waals surface area contributed by atoms with Crippen LogP contribution < -0.4 is 4.74 Å². The van der Waals surface area contributed by atoms with Crippen molar-refractivity contribution >= 4 is 6.08 Å². The van der Waals surface area contributed by atoms with Gasteiger partial charge in [0.2, 0.25) is 12.4 Å². The van der Waals surface area contributed by atoms with E-state index < -0.39 is 6.30 Å². The molecule has 4 heteroatoms. The van der Waals surface area contributed by atoms with E-state index in [2.05, 4.69) is 4.99 Å². The van der Waals surface area contributed by atoms with Crippen LogP contribution in [0.25, 0.3) is 0 Å². The Hall–Kier alpha value is -1.67. The number of carbonyl (C=O) groups excluding carboxylic acids is 1. The molecule has 3 nitrogen and oxygen atoms in total. The SMILES string of the molecule is COc1ccc(C)cc1C(F)N=C=O. The number of benzene rings is 1. The van der Waals surface area contributed by atoms with Crippen LogP contribution in [-0.4, -0.2) is 13.2 Å². The van der Waals surface area contributed by atoms with Gasteiger partial charge in [-0.05, 0) is 19.1 Å². The molecule has 1 atom stereocenters. The third-order valence-corrected chi connectivity index (χ3v) is 1.81. The van der Waals surface area contributed by atoms with Crippen molar-refractivity contribution in [3.63, 3.8) is 0 Å². The number of isocyanates is 1. The zero-order chi connectivity index (χ0) is 10.6. The molecule has 0 heterocycles. The number of hydrogen-bond acceptors (Lipinski definition) is 3. The Kier molecular flexibility index (Phi) is 3.37. The van der Waals surface area contributed by atoms with E-state index in [1.807, 2.05) is 6.92 Å². The van der Waals surface area contributed by atoms with Gasteiger partial charge in [0.15, 0.2) is 0 Å². The Bertz CT molecular complexity index is 372. The number of alkyl halides is 1. The van der Waals surface area contributed by atoms with E-state index in [1.54, 1.807) is 18.2 Å². The van der Waals surface area contributed by atoms with Crippen LogP contribution in [0, 0.1) is 6.92 Å². The molecule has 0 bridgehead atoms. The molecule has 0 spiro atoms. The van der Waals surface area contributed by atoms with Crippen molar-refractivity contribution in [2.24, 2.45) is 4.99 Å². The van der Waals surface area contributed by atoms with E-state index in [0.717, 1.165) is 5.56 Å². The maximum absolute atomic E-state index is 13.3. The predicted molar refractivity (Wildman–Crippen MR) is 49.7 cm³/mol. The molecule has 0 N–H and O–H groups in total. The van der Waals surface area contributed by atoms with Crippen LogP contribution in [0.5, 0.6) is 5.75 Å². The number of aryl methyl sites for hydroxylation is 1. The summed E-state index contributed by atoms with van der Waals surface area (Å²) < 4.78 is 18.2. The van der Waals surface area contributed by atoms with Gasteiger partial charge in [0, 0.05) is 0 Å². The minimum atomic E-state index is -1.71. The second-order valence-corrected chi connectivity index (χ2v) is 2.80. The fourth-order valence-corrected chi connectivity index (χ4v) is 1.16. The third kappa shape index (κ3) is 2.18. The van der Waals surface area contributed by atoms with Crippen molar-refractivity contribution in [3.8, 4) is 5.75 Å². The Labute approximate surface area is 81.2 Å². The largest absolute Gasteiger partial charge is 0.496 e. The molecule has 0 fully saturated rings. The maximum Gasteiger partial charge on any atom is 0.238 e. The third-order valence-electron chi connectivity index (χ3n) is 1.81. The summed E-state index contributed by atoms with van der Waals surface area (Å²) in [4.78, 5) is 12.9. The van der Waals surface area contributed by atoms with Crippen LogP contribution in [0.3, 0.4) is 0 Å². The molecule has 0 aliphatic carbocycles. The normalized spacial score (nSPS) is 11.6. The van der Waals surface area contributed by atoms with E-state index in [1.165, 1.54) is 13.2 Å². The fourth-order valence-electron chi connectivity index (χ4n) is 1.16. The quantitative estimate of drug-likeness (QED) is 0.421. The summed E-state index contributed by atoms with van der Waals surface area (Å²) in [6, 6.07) is 5.02. The summed E-state index contributed by atoms with van der Waals surface area (Å²) in [6.45, 7) is 1.82. The van der Waals surface area contributed by atoms with Gasteiger partial charge in [0.1, 0.15) is 5.75 Å². The van der Waals surface area contributed by atoms with Crippen molar-refractivity contribution in [2.45, 2.75) is 13.2 Å². The van der Waals surface area contributed by atoms with Crippen molar-refractivity contribution in [1.82, 2.24) is 0 Å². The first kappa shape index (κ1) is 10.4. The lowest BCUT2D eigenvalue weighted by Crippen LogP contribution is -1.94. The summed E-state index contributed by atoms with van der Waals surface area (Å²) in [6.07, 6.45) is -0.525. The first-order valence-electron chi connectivity index (χ1n) is 4.04. The lowest BCUT2D eigenvalue weighted by Gasteiger charge is -2.09. The summed E-state index contributed by atoms with van der Waals surface area (Å²) >= 11 is 0. The Morgan fingerprint density at radius 1 is 1.57 bits per heavy atom. The van der Waals surface area contributed by atoms with Crippen LogP contribution in [0.15, 0.2) is 23.2 Å². The molecule has 1 aromatic rings. The smallest absolute Gasteiger partial charge is 0.238 e. The molecule has 14 heavy (non-hydrogen) atoms. The van der Waals surface area contributed by atoms with Gasteiger partial charge < -0.3 is 4.74 Å². The van der Waals surface area contributed by atoms with Crippen molar-refractivity contribution in [1.29, 1.82) is 0 Å². The molecular weight excluding hydrogens is 185 g/mol. The average Bonchev–Trinajstić information content (AvgIpc) is 2.18. The van der Waals surface area contributed by atoms with Crippen molar-refractivity contribution < 1.29 is 13.9 Å². The van der Waals surface area contributed by atoms with Gasteiger partial charge in [0.25, 0.3) is 0 Å². The number of halogens is 1. The standard InChI is InChI=1S/C10H10FNO2/c1-7-3-4-9(14-2)8(5-7)10(11)12-6-13/h3-5,10H,1-2H3. The Morgan fingerprint density at radius 2 is 2.29 bits per heavy atom. The van der Waals surface area contributed by atoms with Crippen LogP contribution in [-0.2, 0) is 4.79 Å². The van der Waals surface area contributed by atoms with Crippen LogP contribution in [0.4, 0.5) is 4.39 Å².